The molecule has 0 unspecified atom stereocenters. The number of aliphatic imine (C=N–C) groups is 1. The zero-order valence-corrected chi connectivity index (χ0v) is 10.1. The molecule has 0 aromatic carbocycles. The van der Waals surface area contributed by atoms with Crippen molar-refractivity contribution in [1.82, 2.24) is 10.2 Å². The maximum absolute atomic E-state index is 11.6. The Labute approximate surface area is 100.0 Å². The van der Waals surface area contributed by atoms with Crippen LogP contribution in [0.15, 0.2) is 41.4 Å². The molecule has 5 heteroatoms. The number of carbonyl (C=O) groups is 1. The van der Waals surface area contributed by atoms with E-state index in [-0.39, 0.29) is 5.91 Å². The van der Waals surface area contributed by atoms with Gasteiger partial charge in [0.15, 0.2) is 0 Å². The van der Waals surface area contributed by atoms with Crippen LogP contribution in [0.25, 0.3) is 0 Å². The summed E-state index contributed by atoms with van der Waals surface area (Å²) in [7, 11) is 0. The number of hydrogen-bond donors (Lipinski definition) is 1. The zero-order chi connectivity index (χ0) is 12.1. The standard InChI is InChI=1S/C11H14ClN3O/c1-4-10-14-9(12)6-7-15(10)8(3)11(16)13-5-2/h4,6-7H,3,5H2,1-2H3,(H,13,16)/b10-4-. The average Bonchev–Trinajstić information content (AvgIpc) is 2.28. The molecule has 0 saturated heterocycles. The summed E-state index contributed by atoms with van der Waals surface area (Å²) in [6, 6.07) is 0. The minimum Gasteiger partial charge on any atom is -0.351 e. The first kappa shape index (κ1) is 12.5. The van der Waals surface area contributed by atoms with Crippen molar-refractivity contribution >= 4 is 22.7 Å². The van der Waals surface area contributed by atoms with Crippen molar-refractivity contribution in [3.05, 3.63) is 36.4 Å². The molecule has 1 rings (SSSR count). The van der Waals surface area contributed by atoms with E-state index in [1.165, 1.54) is 0 Å². The number of carbonyl (C=O) groups excluding carboxylic acids is 1. The lowest BCUT2D eigenvalue weighted by atomic mass is 10.3. The molecule has 1 amide bonds. The van der Waals surface area contributed by atoms with Crippen LogP contribution in [0.2, 0.25) is 0 Å². The van der Waals surface area contributed by atoms with Crippen molar-refractivity contribution in [2.24, 2.45) is 4.99 Å². The van der Waals surface area contributed by atoms with E-state index in [1.54, 1.807) is 23.3 Å². The van der Waals surface area contributed by atoms with E-state index in [0.29, 0.717) is 23.2 Å². The van der Waals surface area contributed by atoms with Gasteiger partial charge in [-0.2, -0.15) is 0 Å². The van der Waals surface area contributed by atoms with Gasteiger partial charge in [0, 0.05) is 12.7 Å². The molecule has 0 aliphatic carbocycles. The van der Waals surface area contributed by atoms with Gasteiger partial charge in [0.1, 0.15) is 16.7 Å². The highest BCUT2D eigenvalue weighted by Gasteiger charge is 2.18. The molecule has 1 aliphatic heterocycles. The van der Waals surface area contributed by atoms with E-state index in [0.717, 1.165) is 0 Å². The van der Waals surface area contributed by atoms with Crippen molar-refractivity contribution in [3.63, 3.8) is 0 Å². The zero-order valence-electron chi connectivity index (χ0n) is 9.33. The van der Waals surface area contributed by atoms with Crippen LogP contribution >= 0.6 is 11.6 Å². The summed E-state index contributed by atoms with van der Waals surface area (Å²) in [6.45, 7) is 7.96. The predicted octanol–water partition coefficient (Wildman–Crippen LogP) is 1.96. The number of likely N-dealkylation sites (N-methyl/N-ethyl adjacent to an activating group) is 1. The molecule has 0 spiro atoms. The van der Waals surface area contributed by atoms with Crippen molar-refractivity contribution in [3.8, 4) is 0 Å². The maximum Gasteiger partial charge on any atom is 0.267 e. The second-order valence-corrected chi connectivity index (χ2v) is 3.46. The minimum atomic E-state index is -0.222. The number of nitrogens with one attached hydrogen (secondary N) is 1. The molecule has 16 heavy (non-hydrogen) atoms. The van der Waals surface area contributed by atoms with Crippen molar-refractivity contribution in [2.45, 2.75) is 13.8 Å². The first-order chi connectivity index (χ1) is 7.60. The predicted molar refractivity (Wildman–Crippen MR) is 65.8 cm³/mol. The Morgan fingerprint density at radius 2 is 2.44 bits per heavy atom. The van der Waals surface area contributed by atoms with Crippen LogP contribution in [-0.2, 0) is 4.79 Å². The Balaban J connectivity index is 2.86. The Kier molecular flexibility index (Phi) is 4.31. The molecular formula is C11H14ClN3O. The Morgan fingerprint density at radius 1 is 1.75 bits per heavy atom. The number of halogens is 1. The first-order valence-corrected chi connectivity index (χ1v) is 5.33. The molecule has 0 atom stereocenters. The van der Waals surface area contributed by atoms with Crippen LogP contribution in [0, 0.1) is 0 Å². The third kappa shape index (κ3) is 2.73. The number of nitrogens with zero attached hydrogens (tertiary/aromatic N) is 2. The molecule has 86 valence electrons. The highest BCUT2D eigenvalue weighted by molar-refractivity contribution is 6.68. The molecule has 0 radical (unpaired) electrons. The summed E-state index contributed by atoms with van der Waals surface area (Å²) in [5.74, 6) is 0.364. The fourth-order valence-electron chi connectivity index (χ4n) is 1.22. The fourth-order valence-corrected chi connectivity index (χ4v) is 1.36. The third-order valence-corrected chi connectivity index (χ3v) is 2.19. The monoisotopic (exact) mass is 239 g/mol. The molecule has 0 fully saturated rings. The van der Waals surface area contributed by atoms with Crippen molar-refractivity contribution in [2.75, 3.05) is 6.54 Å². The SMILES string of the molecule is C=C(C(=O)NCC)N1C=CC(Cl)=N/C1=C/C. The molecule has 1 aliphatic rings. The molecule has 0 saturated carbocycles. The Hall–Kier alpha value is -1.55. The van der Waals surface area contributed by atoms with Crippen LogP contribution < -0.4 is 5.32 Å². The molecule has 0 aromatic rings. The maximum atomic E-state index is 11.6. The lowest BCUT2D eigenvalue weighted by molar-refractivity contribution is -0.118. The minimum absolute atomic E-state index is 0.222. The van der Waals surface area contributed by atoms with Gasteiger partial charge in [-0.25, -0.2) is 4.99 Å². The number of amides is 1. The van der Waals surface area contributed by atoms with Gasteiger partial charge in [-0.1, -0.05) is 18.2 Å². The molecule has 0 bridgehead atoms. The second kappa shape index (κ2) is 5.51. The smallest absolute Gasteiger partial charge is 0.267 e. The normalized spacial score (nSPS) is 17.3. The van der Waals surface area contributed by atoms with Crippen LogP contribution in [0.5, 0.6) is 0 Å². The quantitative estimate of drug-likeness (QED) is 0.766. The van der Waals surface area contributed by atoms with E-state index in [1.807, 2.05) is 13.8 Å². The van der Waals surface area contributed by atoms with Gasteiger partial charge in [0.25, 0.3) is 5.91 Å². The van der Waals surface area contributed by atoms with E-state index >= 15 is 0 Å². The second-order valence-electron chi connectivity index (χ2n) is 3.07. The van der Waals surface area contributed by atoms with E-state index in [9.17, 15) is 4.79 Å². The van der Waals surface area contributed by atoms with Crippen LogP contribution in [0.1, 0.15) is 13.8 Å². The highest BCUT2D eigenvalue weighted by atomic mass is 35.5. The summed E-state index contributed by atoms with van der Waals surface area (Å²) in [4.78, 5) is 17.3. The highest BCUT2D eigenvalue weighted by Crippen LogP contribution is 2.19. The lowest BCUT2D eigenvalue weighted by Gasteiger charge is -2.24. The summed E-state index contributed by atoms with van der Waals surface area (Å²) in [5, 5.41) is 3.06. The molecular weight excluding hydrogens is 226 g/mol. The summed E-state index contributed by atoms with van der Waals surface area (Å²) in [5.41, 5.74) is 0.319. The van der Waals surface area contributed by atoms with Gasteiger partial charge >= 0.3 is 0 Å². The Bertz CT molecular complexity index is 396. The van der Waals surface area contributed by atoms with Crippen LogP contribution in [0.4, 0.5) is 0 Å². The molecule has 1 heterocycles. The number of rotatable bonds is 3. The molecule has 1 N–H and O–H groups in total. The lowest BCUT2D eigenvalue weighted by Crippen LogP contribution is -2.32. The molecule has 4 nitrogen and oxygen atoms in total. The van der Waals surface area contributed by atoms with Gasteiger partial charge in [-0.3, -0.25) is 9.69 Å². The summed E-state index contributed by atoms with van der Waals surface area (Å²) >= 11 is 5.77. The summed E-state index contributed by atoms with van der Waals surface area (Å²) in [6.07, 6.45) is 5.04. The first-order valence-electron chi connectivity index (χ1n) is 4.95. The number of hydrogen-bond acceptors (Lipinski definition) is 3. The van der Waals surface area contributed by atoms with Gasteiger partial charge in [0.05, 0.1) is 0 Å². The average molecular weight is 240 g/mol. The topological polar surface area (TPSA) is 44.7 Å². The van der Waals surface area contributed by atoms with Crippen LogP contribution in [-0.4, -0.2) is 22.5 Å². The summed E-state index contributed by atoms with van der Waals surface area (Å²) < 4.78 is 0. The van der Waals surface area contributed by atoms with Crippen LogP contribution in [0.3, 0.4) is 0 Å². The van der Waals surface area contributed by atoms with Gasteiger partial charge < -0.3 is 5.32 Å². The van der Waals surface area contributed by atoms with Gasteiger partial charge in [-0.15, -0.1) is 0 Å². The third-order valence-electron chi connectivity index (χ3n) is 1.98. The van der Waals surface area contributed by atoms with Crippen molar-refractivity contribution in [1.29, 1.82) is 0 Å². The Morgan fingerprint density at radius 3 is 3.00 bits per heavy atom. The number of allylic oxidation sites excluding steroid dienone is 2. The van der Waals surface area contributed by atoms with Gasteiger partial charge in [-0.05, 0) is 26.0 Å². The van der Waals surface area contributed by atoms with Crippen molar-refractivity contribution < 1.29 is 4.79 Å². The largest absolute Gasteiger partial charge is 0.351 e. The van der Waals surface area contributed by atoms with Gasteiger partial charge in [0.2, 0.25) is 0 Å². The van der Waals surface area contributed by atoms with E-state index < -0.39 is 0 Å². The van der Waals surface area contributed by atoms with E-state index in [4.69, 9.17) is 11.6 Å². The fraction of sp³-hybridized carbons (Fsp3) is 0.273. The molecule has 0 aromatic heterocycles. The van der Waals surface area contributed by atoms with E-state index in [2.05, 4.69) is 16.9 Å².